The van der Waals surface area contributed by atoms with Crippen molar-refractivity contribution in [2.24, 2.45) is 5.73 Å². The van der Waals surface area contributed by atoms with Crippen LogP contribution in [0, 0.1) is 0 Å². The van der Waals surface area contributed by atoms with E-state index in [1.807, 2.05) is 6.07 Å². The summed E-state index contributed by atoms with van der Waals surface area (Å²) >= 11 is 2.77. The number of nitrogen functional groups attached to an aromatic ring is 1. The van der Waals surface area contributed by atoms with Crippen LogP contribution >= 0.6 is 23.1 Å². The summed E-state index contributed by atoms with van der Waals surface area (Å²) in [5, 5.41) is 7.61. The number of anilines is 1. The summed E-state index contributed by atoms with van der Waals surface area (Å²) in [5.74, 6) is -0.530. The number of nitrogens with zero attached hydrogens (tertiary/aromatic N) is 2. The number of aromatic nitrogens is 2. The van der Waals surface area contributed by atoms with E-state index in [2.05, 4.69) is 10.2 Å². The Morgan fingerprint density at radius 1 is 1.44 bits per heavy atom. The van der Waals surface area contributed by atoms with E-state index in [4.69, 9.17) is 11.5 Å². The molecule has 4 N–H and O–H groups in total. The first-order chi connectivity index (χ1) is 7.68. The van der Waals surface area contributed by atoms with Gasteiger partial charge in [-0.05, 0) is 12.1 Å². The zero-order chi connectivity index (χ0) is 11.5. The highest BCUT2D eigenvalue weighted by atomic mass is 32.2. The van der Waals surface area contributed by atoms with E-state index in [1.165, 1.54) is 23.1 Å². The Kier molecular flexibility index (Phi) is 3.07. The first-order valence-electron chi connectivity index (χ1n) is 4.31. The topological polar surface area (TPSA) is 94.9 Å². The van der Waals surface area contributed by atoms with Gasteiger partial charge in [0, 0.05) is 4.90 Å². The molecule has 0 aliphatic carbocycles. The van der Waals surface area contributed by atoms with E-state index >= 15 is 0 Å². The quantitative estimate of drug-likeness (QED) is 0.804. The summed E-state index contributed by atoms with van der Waals surface area (Å²) in [7, 11) is 0. The molecule has 0 atom stereocenters. The van der Waals surface area contributed by atoms with Crippen LogP contribution in [0.1, 0.15) is 10.4 Å². The second kappa shape index (κ2) is 4.50. The molecule has 2 rings (SSSR count). The molecule has 0 aliphatic rings. The summed E-state index contributed by atoms with van der Waals surface area (Å²) < 4.78 is 0.772. The summed E-state index contributed by atoms with van der Waals surface area (Å²) in [5.41, 5.74) is 13.4. The minimum Gasteiger partial charge on any atom is -0.397 e. The SMILES string of the molecule is NC(=O)c1cccc(Sc2nncs2)c1N. The Hall–Kier alpha value is -1.60. The largest absolute Gasteiger partial charge is 0.397 e. The van der Waals surface area contributed by atoms with Crippen molar-refractivity contribution < 1.29 is 4.79 Å². The minimum absolute atomic E-state index is 0.328. The number of primary amides is 1. The Bertz CT molecular complexity index is 512. The van der Waals surface area contributed by atoms with Crippen LogP contribution in [-0.4, -0.2) is 16.1 Å². The fraction of sp³-hybridized carbons (Fsp3) is 0. The van der Waals surface area contributed by atoms with Crippen LogP contribution in [0.3, 0.4) is 0 Å². The maximum Gasteiger partial charge on any atom is 0.250 e. The number of nitrogens with two attached hydrogens (primary N) is 2. The zero-order valence-electron chi connectivity index (χ0n) is 8.08. The molecule has 1 aromatic heterocycles. The monoisotopic (exact) mass is 252 g/mol. The molecule has 0 fully saturated rings. The van der Waals surface area contributed by atoms with E-state index in [0.717, 1.165) is 9.24 Å². The Labute approximate surface area is 99.9 Å². The molecule has 0 saturated carbocycles. The van der Waals surface area contributed by atoms with Gasteiger partial charge in [0.2, 0.25) is 0 Å². The van der Waals surface area contributed by atoms with Gasteiger partial charge in [0.25, 0.3) is 5.91 Å². The first kappa shape index (κ1) is 10.9. The minimum atomic E-state index is -0.530. The van der Waals surface area contributed by atoms with Crippen LogP contribution in [0.4, 0.5) is 5.69 Å². The van der Waals surface area contributed by atoms with E-state index in [-0.39, 0.29) is 0 Å². The second-order valence-electron chi connectivity index (χ2n) is 2.89. The number of hydrogen-bond donors (Lipinski definition) is 2. The Morgan fingerprint density at radius 2 is 2.25 bits per heavy atom. The number of carbonyl (C=O) groups excluding carboxylic acids is 1. The predicted octanol–water partition coefficient (Wildman–Crippen LogP) is 1.37. The molecule has 0 saturated heterocycles. The van der Waals surface area contributed by atoms with E-state index in [9.17, 15) is 4.79 Å². The molecule has 0 unspecified atom stereocenters. The van der Waals surface area contributed by atoms with Gasteiger partial charge in [-0.2, -0.15) is 0 Å². The standard InChI is InChI=1S/C9H8N4OS2/c10-7-5(8(11)14)2-1-3-6(7)16-9-13-12-4-15-9/h1-4H,10H2,(H2,11,14). The number of carbonyl (C=O) groups is 1. The molecular formula is C9H8N4OS2. The highest BCUT2D eigenvalue weighted by molar-refractivity contribution is 8.01. The summed E-state index contributed by atoms with van der Waals surface area (Å²) in [6.07, 6.45) is 0. The molecular weight excluding hydrogens is 244 g/mol. The van der Waals surface area contributed by atoms with Crippen LogP contribution in [0.5, 0.6) is 0 Å². The lowest BCUT2D eigenvalue weighted by molar-refractivity contribution is 0.100. The van der Waals surface area contributed by atoms with Gasteiger partial charge in [-0.15, -0.1) is 10.2 Å². The second-order valence-corrected chi connectivity index (χ2v) is 5.01. The van der Waals surface area contributed by atoms with Crippen molar-refractivity contribution in [2.45, 2.75) is 9.24 Å². The fourth-order valence-corrected chi connectivity index (χ4v) is 2.66. The van der Waals surface area contributed by atoms with Crippen LogP contribution in [0.25, 0.3) is 0 Å². The summed E-state index contributed by atoms with van der Waals surface area (Å²) in [6.45, 7) is 0. The van der Waals surface area contributed by atoms with Gasteiger partial charge in [0.05, 0.1) is 11.3 Å². The van der Waals surface area contributed by atoms with Crippen molar-refractivity contribution in [3.05, 3.63) is 29.3 Å². The number of hydrogen-bond acceptors (Lipinski definition) is 6. The maximum absolute atomic E-state index is 11.1. The molecule has 0 radical (unpaired) electrons. The van der Waals surface area contributed by atoms with Crippen molar-refractivity contribution in [3.63, 3.8) is 0 Å². The number of para-hydroxylation sites is 1. The molecule has 7 heteroatoms. The molecule has 82 valence electrons. The molecule has 1 aromatic carbocycles. The highest BCUT2D eigenvalue weighted by Crippen LogP contribution is 2.34. The zero-order valence-corrected chi connectivity index (χ0v) is 9.72. The van der Waals surface area contributed by atoms with Crippen LogP contribution in [0.2, 0.25) is 0 Å². The van der Waals surface area contributed by atoms with E-state index in [0.29, 0.717) is 11.3 Å². The van der Waals surface area contributed by atoms with Crippen molar-refractivity contribution >= 4 is 34.7 Å². The predicted molar refractivity (Wildman–Crippen MR) is 63.4 cm³/mol. The highest BCUT2D eigenvalue weighted by Gasteiger charge is 2.11. The molecule has 0 spiro atoms. The van der Waals surface area contributed by atoms with Gasteiger partial charge in [-0.1, -0.05) is 29.2 Å². The first-order valence-corrected chi connectivity index (χ1v) is 6.00. The lowest BCUT2D eigenvalue weighted by Crippen LogP contribution is -2.13. The normalized spacial score (nSPS) is 10.2. The summed E-state index contributed by atoms with van der Waals surface area (Å²) in [6, 6.07) is 5.15. The summed E-state index contributed by atoms with van der Waals surface area (Å²) in [4.78, 5) is 11.8. The number of rotatable bonds is 3. The van der Waals surface area contributed by atoms with Gasteiger partial charge >= 0.3 is 0 Å². The van der Waals surface area contributed by atoms with Crippen molar-refractivity contribution in [2.75, 3.05) is 5.73 Å². The smallest absolute Gasteiger partial charge is 0.250 e. The fourth-order valence-electron chi connectivity index (χ4n) is 1.15. The van der Waals surface area contributed by atoms with E-state index < -0.39 is 5.91 Å². The van der Waals surface area contributed by atoms with Gasteiger partial charge < -0.3 is 11.5 Å². The van der Waals surface area contributed by atoms with Crippen molar-refractivity contribution in [3.8, 4) is 0 Å². The van der Waals surface area contributed by atoms with Gasteiger partial charge in [-0.25, -0.2) is 0 Å². The van der Waals surface area contributed by atoms with Crippen LogP contribution in [-0.2, 0) is 0 Å². The van der Waals surface area contributed by atoms with Gasteiger partial charge in [0.15, 0.2) is 4.34 Å². The molecule has 1 amide bonds. The molecule has 0 aliphatic heterocycles. The van der Waals surface area contributed by atoms with Crippen LogP contribution in [0.15, 0.2) is 32.9 Å². The average Bonchev–Trinajstić information content (AvgIpc) is 2.73. The van der Waals surface area contributed by atoms with Crippen molar-refractivity contribution in [1.82, 2.24) is 10.2 Å². The lowest BCUT2D eigenvalue weighted by atomic mass is 10.2. The average molecular weight is 252 g/mol. The maximum atomic E-state index is 11.1. The van der Waals surface area contributed by atoms with Gasteiger partial charge in [0.1, 0.15) is 5.51 Å². The third-order valence-electron chi connectivity index (χ3n) is 1.87. The number of benzene rings is 1. The van der Waals surface area contributed by atoms with E-state index in [1.54, 1.807) is 17.6 Å². The molecule has 2 aromatic rings. The number of amides is 1. The Morgan fingerprint density at radius 3 is 2.88 bits per heavy atom. The van der Waals surface area contributed by atoms with Gasteiger partial charge in [-0.3, -0.25) is 4.79 Å². The molecule has 0 bridgehead atoms. The van der Waals surface area contributed by atoms with Crippen LogP contribution < -0.4 is 11.5 Å². The third kappa shape index (κ3) is 2.15. The lowest BCUT2D eigenvalue weighted by Gasteiger charge is -2.06. The third-order valence-corrected chi connectivity index (χ3v) is 3.72. The van der Waals surface area contributed by atoms with Crippen molar-refractivity contribution in [1.29, 1.82) is 0 Å². The molecule has 16 heavy (non-hydrogen) atoms. The molecule has 5 nitrogen and oxygen atoms in total. The Balaban J connectivity index is 2.35. The molecule has 1 heterocycles.